The van der Waals surface area contributed by atoms with Crippen molar-refractivity contribution in [2.24, 2.45) is 0 Å². The lowest BCUT2D eigenvalue weighted by atomic mass is 10.5. The molecule has 42 valence electrons. The Morgan fingerprint density at radius 3 is 2.43 bits per heavy atom. The van der Waals surface area contributed by atoms with Crippen molar-refractivity contribution in [1.82, 2.24) is 4.90 Å². The summed E-state index contributed by atoms with van der Waals surface area (Å²) in [7, 11) is 4.11. The van der Waals surface area contributed by atoms with Gasteiger partial charge in [-0.05, 0) is 14.1 Å². The number of epoxide rings is 1. The van der Waals surface area contributed by atoms with Crippen molar-refractivity contribution in [2.75, 3.05) is 27.2 Å². The Balaban J connectivity index is 1.97. The average molecular weight is 101 g/mol. The van der Waals surface area contributed by atoms with Crippen LogP contribution in [0.5, 0.6) is 0 Å². The van der Waals surface area contributed by atoms with E-state index in [1.807, 2.05) is 0 Å². The highest BCUT2D eigenvalue weighted by Gasteiger charge is 2.22. The zero-order valence-electron chi connectivity index (χ0n) is 4.85. The van der Waals surface area contributed by atoms with E-state index in [1.165, 1.54) is 0 Å². The Kier molecular flexibility index (Phi) is 1.30. The molecule has 1 rings (SSSR count). The number of nitrogens with zero attached hydrogens (tertiary/aromatic N) is 1. The van der Waals surface area contributed by atoms with Gasteiger partial charge >= 0.3 is 0 Å². The topological polar surface area (TPSA) is 15.8 Å². The first-order valence-electron chi connectivity index (χ1n) is 2.55. The van der Waals surface area contributed by atoms with E-state index >= 15 is 0 Å². The maximum atomic E-state index is 4.98. The predicted octanol–water partition coefficient (Wildman–Crippen LogP) is -0.0532. The lowest BCUT2D eigenvalue weighted by molar-refractivity contribution is 0.323. The third kappa shape index (κ3) is 1.90. The van der Waals surface area contributed by atoms with Crippen molar-refractivity contribution < 1.29 is 4.74 Å². The van der Waals surface area contributed by atoms with Crippen molar-refractivity contribution in [1.29, 1.82) is 0 Å². The van der Waals surface area contributed by atoms with Gasteiger partial charge in [-0.25, -0.2) is 0 Å². The first-order chi connectivity index (χ1) is 3.29. The number of ether oxygens (including phenoxy) is 1. The number of hydrogen-bond donors (Lipinski definition) is 0. The standard InChI is InChI=1S/C5H11NO/c1-6(2)3-5-4-7-5/h5H,3-4H2,1-2H3/t5-/m0/s1. The van der Waals surface area contributed by atoms with E-state index in [9.17, 15) is 0 Å². The van der Waals surface area contributed by atoms with E-state index in [0.29, 0.717) is 6.10 Å². The maximum Gasteiger partial charge on any atom is 0.0936 e. The van der Waals surface area contributed by atoms with E-state index in [4.69, 9.17) is 4.74 Å². The van der Waals surface area contributed by atoms with Crippen LogP contribution in [0.3, 0.4) is 0 Å². The van der Waals surface area contributed by atoms with E-state index in [0.717, 1.165) is 13.2 Å². The van der Waals surface area contributed by atoms with Gasteiger partial charge in [-0.1, -0.05) is 0 Å². The van der Waals surface area contributed by atoms with E-state index in [1.54, 1.807) is 0 Å². The Morgan fingerprint density at radius 2 is 2.29 bits per heavy atom. The third-order valence-corrected chi connectivity index (χ3v) is 0.971. The maximum absolute atomic E-state index is 4.98. The van der Waals surface area contributed by atoms with Gasteiger partial charge in [0.2, 0.25) is 0 Å². The van der Waals surface area contributed by atoms with Crippen molar-refractivity contribution >= 4 is 0 Å². The van der Waals surface area contributed by atoms with Crippen LogP contribution in [0, 0.1) is 0 Å². The number of hydrogen-bond acceptors (Lipinski definition) is 2. The molecule has 1 aliphatic rings. The first-order valence-corrected chi connectivity index (χ1v) is 2.55. The summed E-state index contributed by atoms with van der Waals surface area (Å²) in [5.41, 5.74) is 0. The molecule has 0 amide bonds. The first kappa shape index (κ1) is 5.06. The molecule has 0 aromatic rings. The molecule has 0 unspecified atom stereocenters. The van der Waals surface area contributed by atoms with Crippen LogP contribution in [0.4, 0.5) is 0 Å². The van der Waals surface area contributed by atoms with Gasteiger partial charge in [0.1, 0.15) is 0 Å². The molecule has 0 radical (unpaired) electrons. The average Bonchev–Trinajstić information content (AvgIpc) is 2.17. The molecule has 1 heterocycles. The van der Waals surface area contributed by atoms with Crippen molar-refractivity contribution in [3.8, 4) is 0 Å². The van der Waals surface area contributed by atoms with Gasteiger partial charge in [-0.3, -0.25) is 0 Å². The second kappa shape index (κ2) is 1.80. The quantitative estimate of drug-likeness (QED) is 0.453. The Bertz CT molecular complexity index is 59.1. The molecule has 1 aliphatic heterocycles. The molecule has 0 spiro atoms. The Hall–Kier alpha value is -0.0800. The Morgan fingerprint density at radius 1 is 1.71 bits per heavy atom. The van der Waals surface area contributed by atoms with Crippen LogP contribution in [-0.2, 0) is 4.74 Å². The molecular weight excluding hydrogens is 90.1 g/mol. The molecule has 7 heavy (non-hydrogen) atoms. The monoisotopic (exact) mass is 101 g/mol. The predicted molar refractivity (Wildman–Crippen MR) is 28.3 cm³/mol. The summed E-state index contributed by atoms with van der Waals surface area (Å²) in [6.07, 6.45) is 0.551. The normalized spacial score (nSPS) is 28.7. The lowest BCUT2D eigenvalue weighted by Gasteiger charge is -2.03. The van der Waals surface area contributed by atoms with Crippen LogP contribution in [0.15, 0.2) is 0 Å². The summed E-state index contributed by atoms with van der Waals surface area (Å²) in [6, 6.07) is 0. The summed E-state index contributed by atoms with van der Waals surface area (Å²) in [6.45, 7) is 2.05. The third-order valence-electron chi connectivity index (χ3n) is 0.971. The zero-order valence-corrected chi connectivity index (χ0v) is 4.85. The Labute approximate surface area is 44.1 Å². The molecular formula is C5H11NO. The van der Waals surface area contributed by atoms with Crippen LogP contribution in [0.1, 0.15) is 0 Å². The van der Waals surface area contributed by atoms with Gasteiger partial charge in [-0.15, -0.1) is 0 Å². The highest BCUT2D eigenvalue weighted by molar-refractivity contribution is 4.70. The molecule has 1 atom stereocenters. The second-order valence-corrected chi connectivity index (χ2v) is 2.22. The fourth-order valence-corrected chi connectivity index (χ4v) is 0.581. The van der Waals surface area contributed by atoms with Crippen molar-refractivity contribution in [3.63, 3.8) is 0 Å². The van der Waals surface area contributed by atoms with E-state index < -0.39 is 0 Å². The highest BCUT2D eigenvalue weighted by Crippen LogP contribution is 2.07. The van der Waals surface area contributed by atoms with Crippen LogP contribution in [0.25, 0.3) is 0 Å². The molecule has 0 aliphatic carbocycles. The summed E-state index contributed by atoms with van der Waals surface area (Å²) in [5, 5.41) is 0. The molecule has 0 aromatic carbocycles. The summed E-state index contributed by atoms with van der Waals surface area (Å²) < 4.78 is 4.98. The molecule has 2 nitrogen and oxygen atoms in total. The number of rotatable bonds is 2. The molecule has 0 aromatic heterocycles. The van der Waals surface area contributed by atoms with Gasteiger partial charge in [0, 0.05) is 6.54 Å². The summed E-state index contributed by atoms with van der Waals surface area (Å²) in [5.74, 6) is 0. The van der Waals surface area contributed by atoms with E-state index in [2.05, 4.69) is 19.0 Å². The van der Waals surface area contributed by atoms with Gasteiger partial charge in [0.05, 0.1) is 12.7 Å². The van der Waals surface area contributed by atoms with Crippen LogP contribution in [-0.4, -0.2) is 38.3 Å². The fourth-order valence-electron chi connectivity index (χ4n) is 0.581. The summed E-state index contributed by atoms with van der Waals surface area (Å²) in [4.78, 5) is 2.14. The molecule has 0 N–H and O–H groups in total. The largest absolute Gasteiger partial charge is 0.372 e. The minimum Gasteiger partial charge on any atom is -0.372 e. The summed E-state index contributed by atoms with van der Waals surface area (Å²) >= 11 is 0. The molecule has 0 saturated carbocycles. The van der Waals surface area contributed by atoms with Gasteiger partial charge in [-0.2, -0.15) is 0 Å². The lowest BCUT2D eigenvalue weighted by Crippen LogP contribution is -2.17. The zero-order chi connectivity index (χ0) is 5.28. The minimum atomic E-state index is 0.551. The SMILES string of the molecule is CN(C)C[C@H]1CO1. The van der Waals surface area contributed by atoms with Crippen LogP contribution < -0.4 is 0 Å². The van der Waals surface area contributed by atoms with Gasteiger partial charge in [0.25, 0.3) is 0 Å². The molecule has 0 bridgehead atoms. The van der Waals surface area contributed by atoms with Crippen LogP contribution in [0.2, 0.25) is 0 Å². The highest BCUT2D eigenvalue weighted by atomic mass is 16.6. The fraction of sp³-hybridized carbons (Fsp3) is 1.00. The molecule has 1 saturated heterocycles. The number of likely N-dealkylation sites (N-methyl/N-ethyl adjacent to an activating group) is 1. The molecule has 2 heteroatoms. The van der Waals surface area contributed by atoms with Gasteiger partial charge < -0.3 is 9.64 Å². The smallest absolute Gasteiger partial charge is 0.0936 e. The minimum absolute atomic E-state index is 0.551. The van der Waals surface area contributed by atoms with Crippen LogP contribution >= 0.6 is 0 Å². The van der Waals surface area contributed by atoms with E-state index in [-0.39, 0.29) is 0 Å². The van der Waals surface area contributed by atoms with Crippen molar-refractivity contribution in [2.45, 2.75) is 6.10 Å². The van der Waals surface area contributed by atoms with Crippen molar-refractivity contribution in [3.05, 3.63) is 0 Å². The molecule has 1 fully saturated rings. The second-order valence-electron chi connectivity index (χ2n) is 2.22. The van der Waals surface area contributed by atoms with Gasteiger partial charge in [0.15, 0.2) is 0 Å².